The third-order valence-corrected chi connectivity index (χ3v) is 4.59. The van der Waals surface area contributed by atoms with Crippen LogP contribution in [0.5, 0.6) is 5.75 Å². The lowest BCUT2D eigenvalue weighted by molar-refractivity contribution is -0.118. The van der Waals surface area contributed by atoms with Gasteiger partial charge < -0.3 is 4.74 Å². The number of ether oxygens (including phenoxy) is 1. The number of carbonyl (C=O) groups excluding carboxylic acids is 1. The molecule has 18 heavy (non-hydrogen) atoms. The van der Waals surface area contributed by atoms with Gasteiger partial charge in [-0.25, -0.2) is 4.39 Å². The van der Waals surface area contributed by atoms with Crippen LogP contribution in [0.3, 0.4) is 0 Å². The highest BCUT2D eigenvalue weighted by molar-refractivity contribution is 8.00. The van der Waals surface area contributed by atoms with Crippen LogP contribution in [-0.4, -0.2) is 23.9 Å². The van der Waals surface area contributed by atoms with Crippen molar-refractivity contribution in [2.24, 2.45) is 0 Å². The number of thioether (sulfide) groups is 1. The van der Waals surface area contributed by atoms with Gasteiger partial charge in [-0.15, -0.1) is 0 Å². The first-order chi connectivity index (χ1) is 8.72. The third kappa shape index (κ3) is 3.05. The van der Waals surface area contributed by atoms with Gasteiger partial charge in [0.05, 0.1) is 12.4 Å². The summed E-state index contributed by atoms with van der Waals surface area (Å²) in [5.74, 6) is 0.967. The molecule has 1 saturated heterocycles. The van der Waals surface area contributed by atoms with Crippen molar-refractivity contribution in [3.8, 4) is 5.75 Å². The van der Waals surface area contributed by atoms with E-state index in [1.165, 1.54) is 13.5 Å². The molecule has 1 atom stereocenters. The van der Waals surface area contributed by atoms with Gasteiger partial charge in [0.15, 0.2) is 11.6 Å². The van der Waals surface area contributed by atoms with Crippen LogP contribution in [0.2, 0.25) is 0 Å². The van der Waals surface area contributed by atoms with Crippen molar-refractivity contribution in [3.05, 3.63) is 29.6 Å². The number of ketones is 1. The van der Waals surface area contributed by atoms with Crippen molar-refractivity contribution in [3.63, 3.8) is 0 Å². The lowest BCUT2D eigenvalue weighted by atomic mass is 10.0. The van der Waals surface area contributed by atoms with E-state index >= 15 is 0 Å². The Balaban J connectivity index is 2.06. The molecular weight excluding hydrogens is 251 g/mol. The van der Waals surface area contributed by atoms with Crippen LogP contribution in [0.15, 0.2) is 18.2 Å². The van der Waals surface area contributed by atoms with Crippen molar-refractivity contribution in [2.45, 2.75) is 30.9 Å². The van der Waals surface area contributed by atoms with E-state index < -0.39 is 5.82 Å². The second kappa shape index (κ2) is 6.23. The summed E-state index contributed by atoms with van der Waals surface area (Å²) in [4.78, 5) is 12.1. The zero-order valence-corrected chi connectivity index (χ0v) is 11.3. The molecular formula is C14H17FO2S. The van der Waals surface area contributed by atoms with E-state index in [0.29, 0.717) is 5.56 Å². The number of carbonyl (C=O) groups is 1. The van der Waals surface area contributed by atoms with Gasteiger partial charge in [0.1, 0.15) is 5.78 Å². The topological polar surface area (TPSA) is 26.3 Å². The molecule has 98 valence electrons. The van der Waals surface area contributed by atoms with E-state index in [2.05, 4.69) is 0 Å². The summed E-state index contributed by atoms with van der Waals surface area (Å²) in [6, 6.07) is 4.94. The highest BCUT2D eigenvalue weighted by Gasteiger charge is 2.23. The van der Waals surface area contributed by atoms with Gasteiger partial charge in [0.2, 0.25) is 0 Å². The SMILES string of the molecule is COc1cccc(CC(=O)C2CCCCS2)c1F. The molecule has 2 nitrogen and oxygen atoms in total. The van der Waals surface area contributed by atoms with Gasteiger partial charge in [-0.1, -0.05) is 18.6 Å². The Kier molecular flexibility index (Phi) is 4.64. The van der Waals surface area contributed by atoms with Gasteiger partial charge in [-0.2, -0.15) is 11.8 Å². The minimum absolute atomic E-state index is 0.0457. The zero-order chi connectivity index (χ0) is 13.0. The molecule has 1 unspecified atom stereocenters. The van der Waals surface area contributed by atoms with Crippen LogP contribution in [0.1, 0.15) is 24.8 Å². The summed E-state index contributed by atoms with van der Waals surface area (Å²) in [6.45, 7) is 0. The average molecular weight is 268 g/mol. The first-order valence-electron chi connectivity index (χ1n) is 6.18. The lowest BCUT2D eigenvalue weighted by Crippen LogP contribution is -2.23. The molecule has 1 aromatic rings. The number of halogens is 1. The number of Topliss-reactive ketones (excluding diaryl/α,β-unsaturated/α-hetero) is 1. The molecule has 0 amide bonds. The zero-order valence-electron chi connectivity index (χ0n) is 10.4. The minimum atomic E-state index is -0.408. The second-order valence-electron chi connectivity index (χ2n) is 4.43. The van der Waals surface area contributed by atoms with Crippen LogP contribution < -0.4 is 4.74 Å². The van der Waals surface area contributed by atoms with Gasteiger partial charge in [0.25, 0.3) is 0 Å². The molecule has 0 spiro atoms. The van der Waals surface area contributed by atoms with Crippen molar-refractivity contribution in [1.82, 2.24) is 0 Å². The maximum atomic E-state index is 13.9. The smallest absolute Gasteiger partial charge is 0.168 e. The number of rotatable bonds is 4. The fourth-order valence-electron chi connectivity index (χ4n) is 2.15. The van der Waals surface area contributed by atoms with Crippen LogP contribution in [0, 0.1) is 5.82 Å². The summed E-state index contributed by atoms with van der Waals surface area (Å²) in [7, 11) is 1.43. The number of benzene rings is 1. The molecule has 0 N–H and O–H groups in total. The predicted molar refractivity (Wildman–Crippen MR) is 71.8 cm³/mol. The molecule has 0 saturated carbocycles. The Labute approximate surface area is 111 Å². The van der Waals surface area contributed by atoms with E-state index in [9.17, 15) is 9.18 Å². The Morgan fingerprint density at radius 1 is 1.50 bits per heavy atom. The van der Waals surface area contributed by atoms with Crippen molar-refractivity contribution in [1.29, 1.82) is 0 Å². The molecule has 1 aliphatic rings. The first-order valence-corrected chi connectivity index (χ1v) is 7.23. The Morgan fingerprint density at radius 3 is 3.00 bits per heavy atom. The van der Waals surface area contributed by atoms with Crippen LogP contribution in [0.25, 0.3) is 0 Å². The first kappa shape index (κ1) is 13.4. The van der Waals surface area contributed by atoms with Gasteiger partial charge in [0, 0.05) is 6.42 Å². The van der Waals surface area contributed by atoms with E-state index in [-0.39, 0.29) is 23.2 Å². The molecule has 1 fully saturated rings. The van der Waals surface area contributed by atoms with Crippen molar-refractivity contribution < 1.29 is 13.9 Å². The fourth-order valence-corrected chi connectivity index (χ4v) is 3.40. The minimum Gasteiger partial charge on any atom is -0.494 e. The monoisotopic (exact) mass is 268 g/mol. The molecule has 0 radical (unpaired) electrons. The Morgan fingerprint density at radius 2 is 2.33 bits per heavy atom. The van der Waals surface area contributed by atoms with Gasteiger partial charge in [-0.05, 0) is 30.2 Å². The van der Waals surface area contributed by atoms with Crippen LogP contribution in [0.4, 0.5) is 4.39 Å². The second-order valence-corrected chi connectivity index (χ2v) is 5.74. The van der Waals surface area contributed by atoms with Crippen molar-refractivity contribution in [2.75, 3.05) is 12.9 Å². The molecule has 0 aliphatic carbocycles. The summed E-state index contributed by atoms with van der Waals surface area (Å²) >= 11 is 1.70. The van der Waals surface area contributed by atoms with E-state index in [0.717, 1.165) is 18.6 Å². The largest absolute Gasteiger partial charge is 0.494 e. The third-order valence-electron chi connectivity index (χ3n) is 3.17. The standard InChI is InChI=1S/C14H17FO2S/c1-17-12-6-4-5-10(14(12)15)9-11(16)13-7-2-3-8-18-13/h4-6,13H,2-3,7-9H2,1H3. The lowest BCUT2D eigenvalue weighted by Gasteiger charge is -2.20. The summed E-state index contributed by atoms with van der Waals surface area (Å²) < 4.78 is 18.8. The number of methoxy groups -OCH3 is 1. The summed E-state index contributed by atoms with van der Waals surface area (Å²) in [5, 5.41) is 0.0457. The molecule has 4 heteroatoms. The Bertz CT molecular complexity index is 428. The molecule has 2 rings (SSSR count). The van der Waals surface area contributed by atoms with Gasteiger partial charge >= 0.3 is 0 Å². The van der Waals surface area contributed by atoms with Crippen LogP contribution >= 0.6 is 11.8 Å². The molecule has 1 aliphatic heterocycles. The molecule has 1 aromatic carbocycles. The van der Waals surface area contributed by atoms with Crippen molar-refractivity contribution >= 4 is 17.5 Å². The van der Waals surface area contributed by atoms with E-state index in [4.69, 9.17) is 4.74 Å². The maximum absolute atomic E-state index is 13.9. The summed E-state index contributed by atoms with van der Waals surface area (Å²) in [6.07, 6.45) is 3.38. The highest BCUT2D eigenvalue weighted by Crippen LogP contribution is 2.28. The Hall–Kier alpha value is -1.03. The van der Waals surface area contributed by atoms with Crippen LogP contribution in [-0.2, 0) is 11.2 Å². The molecule has 1 heterocycles. The van der Waals surface area contributed by atoms with E-state index in [1.807, 2.05) is 0 Å². The number of hydrogen-bond acceptors (Lipinski definition) is 3. The maximum Gasteiger partial charge on any atom is 0.168 e. The molecule has 0 aromatic heterocycles. The van der Waals surface area contributed by atoms with E-state index in [1.54, 1.807) is 30.0 Å². The van der Waals surface area contributed by atoms with Gasteiger partial charge in [-0.3, -0.25) is 4.79 Å². The summed E-state index contributed by atoms with van der Waals surface area (Å²) in [5.41, 5.74) is 0.436. The highest BCUT2D eigenvalue weighted by atomic mass is 32.2. The molecule has 0 bridgehead atoms. The number of hydrogen-bond donors (Lipinski definition) is 0. The quantitative estimate of drug-likeness (QED) is 0.838. The normalized spacial score (nSPS) is 19.6. The predicted octanol–water partition coefficient (Wildman–Crippen LogP) is 3.23. The average Bonchev–Trinajstić information content (AvgIpc) is 2.42. The fraction of sp³-hybridized carbons (Fsp3) is 0.500.